The summed E-state index contributed by atoms with van der Waals surface area (Å²) in [5.41, 5.74) is 0.823. The Balaban J connectivity index is 1.89. The van der Waals surface area contributed by atoms with E-state index in [1.54, 1.807) is 12.1 Å². The van der Waals surface area contributed by atoms with E-state index in [-0.39, 0.29) is 30.1 Å². The number of benzene rings is 1. The van der Waals surface area contributed by atoms with E-state index < -0.39 is 4.92 Å². The number of nitro benzene ring substituents is 1. The zero-order valence-electron chi connectivity index (χ0n) is 11.5. The normalized spacial score (nSPS) is 22.2. The third-order valence-electron chi connectivity index (χ3n) is 3.62. The molecule has 1 aliphatic rings. The highest BCUT2D eigenvalue weighted by Gasteiger charge is 2.22. The van der Waals surface area contributed by atoms with Gasteiger partial charge in [-0.1, -0.05) is 12.1 Å². The maximum atomic E-state index is 12.0. The number of non-ortho nitro benzene ring substituents is 1. The first kappa shape index (κ1) is 14.5. The molecule has 2 unspecified atom stereocenters. The molecule has 2 atom stereocenters. The molecular formula is C14H19N3O3. The van der Waals surface area contributed by atoms with Gasteiger partial charge < -0.3 is 10.6 Å². The molecule has 0 radical (unpaired) electrons. The summed E-state index contributed by atoms with van der Waals surface area (Å²) in [6.45, 7) is 3.06. The van der Waals surface area contributed by atoms with Crippen molar-refractivity contribution in [2.75, 3.05) is 6.54 Å². The van der Waals surface area contributed by atoms with Crippen LogP contribution in [0.2, 0.25) is 0 Å². The molecule has 0 bridgehead atoms. The van der Waals surface area contributed by atoms with Gasteiger partial charge in [0.05, 0.1) is 11.3 Å². The molecule has 1 aromatic rings. The molecule has 6 heteroatoms. The largest absolute Gasteiger partial charge is 0.352 e. The molecule has 1 heterocycles. The number of nitrogens with one attached hydrogen (secondary N) is 2. The second kappa shape index (κ2) is 6.47. The van der Waals surface area contributed by atoms with E-state index in [1.165, 1.54) is 12.1 Å². The smallest absolute Gasteiger partial charge is 0.269 e. The predicted molar refractivity (Wildman–Crippen MR) is 75.4 cm³/mol. The van der Waals surface area contributed by atoms with Gasteiger partial charge >= 0.3 is 0 Å². The number of amides is 1. The minimum absolute atomic E-state index is 0.0410. The van der Waals surface area contributed by atoms with Crippen LogP contribution in [0.25, 0.3) is 0 Å². The fourth-order valence-electron chi connectivity index (χ4n) is 2.42. The summed E-state index contributed by atoms with van der Waals surface area (Å²) >= 11 is 0. The van der Waals surface area contributed by atoms with Crippen molar-refractivity contribution in [3.8, 4) is 0 Å². The molecule has 0 aromatic heterocycles. The third-order valence-corrected chi connectivity index (χ3v) is 3.62. The van der Waals surface area contributed by atoms with Crippen LogP contribution < -0.4 is 10.6 Å². The van der Waals surface area contributed by atoms with E-state index in [1.807, 2.05) is 0 Å². The van der Waals surface area contributed by atoms with Crippen LogP contribution in [0.1, 0.15) is 25.3 Å². The second-order valence-corrected chi connectivity index (χ2v) is 5.16. The first-order valence-corrected chi connectivity index (χ1v) is 6.82. The summed E-state index contributed by atoms with van der Waals surface area (Å²) in [7, 11) is 0. The van der Waals surface area contributed by atoms with Gasteiger partial charge in [0.2, 0.25) is 5.91 Å². The van der Waals surface area contributed by atoms with Crippen LogP contribution >= 0.6 is 0 Å². The van der Waals surface area contributed by atoms with Crippen molar-refractivity contribution in [2.24, 2.45) is 0 Å². The average Bonchev–Trinajstić information content (AvgIpc) is 2.42. The Bertz CT molecular complexity index is 487. The van der Waals surface area contributed by atoms with E-state index in [4.69, 9.17) is 0 Å². The molecule has 1 saturated heterocycles. The summed E-state index contributed by atoms with van der Waals surface area (Å²) in [5, 5.41) is 16.9. The van der Waals surface area contributed by atoms with Crippen LogP contribution in [0.4, 0.5) is 5.69 Å². The summed E-state index contributed by atoms with van der Waals surface area (Å²) in [4.78, 5) is 22.1. The molecule has 2 N–H and O–H groups in total. The highest BCUT2D eigenvalue weighted by Crippen LogP contribution is 2.13. The van der Waals surface area contributed by atoms with Crippen molar-refractivity contribution in [1.29, 1.82) is 0 Å². The molecule has 1 amide bonds. The van der Waals surface area contributed by atoms with Gasteiger partial charge in [0, 0.05) is 24.2 Å². The Kier molecular flexibility index (Phi) is 4.68. The number of hydrogen-bond acceptors (Lipinski definition) is 4. The minimum atomic E-state index is -0.445. The topological polar surface area (TPSA) is 84.3 Å². The Morgan fingerprint density at radius 1 is 1.45 bits per heavy atom. The lowest BCUT2D eigenvalue weighted by Crippen LogP contribution is -2.52. The van der Waals surface area contributed by atoms with Gasteiger partial charge in [-0.15, -0.1) is 0 Å². The van der Waals surface area contributed by atoms with E-state index in [2.05, 4.69) is 17.6 Å². The Morgan fingerprint density at radius 2 is 2.15 bits per heavy atom. The van der Waals surface area contributed by atoms with Gasteiger partial charge in [0.15, 0.2) is 0 Å². The van der Waals surface area contributed by atoms with Gasteiger partial charge in [-0.05, 0) is 31.9 Å². The summed E-state index contributed by atoms with van der Waals surface area (Å²) in [6.07, 6.45) is 2.30. The molecule has 20 heavy (non-hydrogen) atoms. The lowest BCUT2D eigenvalue weighted by Gasteiger charge is -2.30. The van der Waals surface area contributed by atoms with Crippen LogP contribution in [0, 0.1) is 10.1 Å². The minimum Gasteiger partial charge on any atom is -0.352 e. The highest BCUT2D eigenvalue weighted by molar-refractivity contribution is 5.79. The van der Waals surface area contributed by atoms with Crippen molar-refractivity contribution < 1.29 is 9.72 Å². The average molecular weight is 277 g/mol. The number of piperidine rings is 1. The van der Waals surface area contributed by atoms with Crippen LogP contribution in [0.3, 0.4) is 0 Å². The summed E-state index contributed by atoms with van der Waals surface area (Å²) < 4.78 is 0. The number of carbonyl (C=O) groups excluding carboxylic acids is 1. The zero-order chi connectivity index (χ0) is 14.5. The monoisotopic (exact) mass is 277 g/mol. The molecule has 108 valence electrons. The van der Waals surface area contributed by atoms with Crippen molar-refractivity contribution in [3.63, 3.8) is 0 Å². The number of hydrogen-bond donors (Lipinski definition) is 2. The lowest BCUT2D eigenvalue weighted by molar-refractivity contribution is -0.384. The van der Waals surface area contributed by atoms with Gasteiger partial charge in [-0.3, -0.25) is 14.9 Å². The fraction of sp³-hybridized carbons (Fsp3) is 0.500. The Labute approximate surface area is 117 Å². The number of rotatable bonds is 4. The maximum absolute atomic E-state index is 12.0. The highest BCUT2D eigenvalue weighted by atomic mass is 16.6. The zero-order valence-corrected chi connectivity index (χ0v) is 11.5. The summed E-state index contributed by atoms with van der Waals surface area (Å²) in [6, 6.07) is 6.54. The molecule has 1 aliphatic heterocycles. The number of nitro groups is 1. The molecule has 2 rings (SSSR count). The van der Waals surface area contributed by atoms with Crippen molar-refractivity contribution in [1.82, 2.24) is 10.6 Å². The van der Waals surface area contributed by atoms with Gasteiger partial charge in [0.1, 0.15) is 0 Å². The maximum Gasteiger partial charge on any atom is 0.269 e. The molecule has 0 spiro atoms. The molecule has 1 fully saturated rings. The molecule has 6 nitrogen and oxygen atoms in total. The van der Waals surface area contributed by atoms with Crippen molar-refractivity contribution in [3.05, 3.63) is 39.9 Å². The second-order valence-electron chi connectivity index (χ2n) is 5.16. The Hall–Kier alpha value is -1.95. The van der Waals surface area contributed by atoms with Crippen LogP contribution in [0.15, 0.2) is 24.3 Å². The van der Waals surface area contributed by atoms with E-state index in [9.17, 15) is 14.9 Å². The van der Waals surface area contributed by atoms with E-state index in [0.29, 0.717) is 0 Å². The van der Waals surface area contributed by atoms with E-state index >= 15 is 0 Å². The summed E-state index contributed by atoms with van der Waals surface area (Å²) in [5.74, 6) is -0.0422. The van der Waals surface area contributed by atoms with Crippen LogP contribution in [-0.4, -0.2) is 29.5 Å². The standard InChI is InChI=1S/C14H19N3O3/c1-10-13(3-2-8-15-10)16-14(18)9-11-4-6-12(7-5-11)17(19)20/h4-7,10,13,15H,2-3,8-9H2,1H3,(H,16,18). The number of nitrogens with zero attached hydrogens (tertiary/aromatic N) is 1. The molecule has 0 saturated carbocycles. The Morgan fingerprint density at radius 3 is 2.75 bits per heavy atom. The van der Waals surface area contributed by atoms with Crippen molar-refractivity contribution in [2.45, 2.75) is 38.3 Å². The quantitative estimate of drug-likeness (QED) is 0.643. The van der Waals surface area contributed by atoms with Gasteiger partial charge in [-0.25, -0.2) is 0 Å². The van der Waals surface area contributed by atoms with Crippen molar-refractivity contribution >= 4 is 11.6 Å². The molecular weight excluding hydrogens is 258 g/mol. The predicted octanol–water partition coefficient (Wildman–Crippen LogP) is 1.39. The first-order valence-electron chi connectivity index (χ1n) is 6.82. The van der Waals surface area contributed by atoms with Crippen LogP contribution in [-0.2, 0) is 11.2 Å². The lowest BCUT2D eigenvalue weighted by atomic mass is 9.99. The SMILES string of the molecule is CC1NCCCC1NC(=O)Cc1ccc([N+](=O)[O-])cc1. The fourth-order valence-corrected chi connectivity index (χ4v) is 2.42. The first-order chi connectivity index (χ1) is 9.56. The van der Waals surface area contributed by atoms with E-state index in [0.717, 1.165) is 24.9 Å². The van der Waals surface area contributed by atoms with Gasteiger partial charge in [0.25, 0.3) is 5.69 Å². The molecule has 0 aliphatic carbocycles. The number of carbonyl (C=O) groups is 1. The third kappa shape index (κ3) is 3.77. The molecule has 1 aromatic carbocycles. The van der Waals surface area contributed by atoms with Gasteiger partial charge in [-0.2, -0.15) is 0 Å². The van der Waals surface area contributed by atoms with Crippen LogP contribution in [0.5, 0.6) is 0 Å².